The number of rotatable bonds is 5. The second-order valence-corrected chi connectivity index (χ2v) is 6.54. The molecule has 6 heteroatoms. The number of amides is 2. The summed E-state index contributed by atoms with van der Waals surface area (Å²) in [5, 5.41) is 6.60. The molecule has 2 rings (SSSR count). The molecule has 0 atom stereocenters. The molecule has 0 unspecified atom stereocenters. The summed E-state index contributed by atoms with van der Waals surface area (Å²) in [6.07, 6.45) is 4.49. The van der Waals surface area contributed by atoms with Crippen molar-refractivity contribution in [2.75, 3.05) is 11.9 Å². The third-order valence-electron chi connectivity index (χ3n) is 4.08. The van der Waals surface area contributed by atoms with Crippen molar-refractivity contribution in [2.24, 2.45) is 11.8 Å². The van der Waals surface area contributed by atoms with Gasteiger partial charge in [0.15, 0.2) is 0 Å². The summed E-state index contributed by atoms with van der Waals surface area (Å²) in [6, 6.07) is 4.97. The molecule has 1 aromatic carbocycles. The summed E-state index contributed by atoms with van der Waals surface area (Å²) in [6.45, 7) is 4.06. The van der Waals surface area contributed by atoms with Gasteiger partial charge in [0.25, 0.3) is 0 Å². The van der Waals surface area contributed by atoms with Crippen LogP contribution < -0.4 is 10.6 Å². The molecular formula is C17H20Cl2N2O2. The van der Waals surface area contributed by atoms with Gasteiger partial charge in [-0.1, -0.05) is 29.3 Å². The predicted molar refractivity (Wildman–Crippen MR) is 93.7 cm³/mol. The molecule has 0 aliphatic heterocycles. The molecule has 1 aliphatic carbocycles. The Morgan fingerprint density at radius 2 is 1.74 bits per heavy atom. The van der Waals surface area contributed by atoms with Crippen LogP contribution in [0.5, 0.6) is 0 Å². The summed E-state index contributed by atoms with van der Waals surface area (Å²) < 4.78 is 0. The van der Waals surface area contributed by atoms with E-state index in [2.05, 4.69) is 17.2 Å². The summed E-state index contributed by atoms with van der Waals surface area (Å²) in [5.74, 6) is -0.119. The SMILES string of the molecule is C=CCNC(=O)C1CCC(C(=O)Nc2ccc(Cl)cc2Cl)CC1. The molecule has 124 valence electrons. The zero-order valence-electron chi connectivity index (χ0n) is 12.8. The lowest BCUT2D eigenvalue weighted by atomic mass is 9.81. The van der Waals surface area contributed by atoms with E-state index in [-0.39, 0.29) is 23.7 Å². The lowest BCUT2D eigenvalue weighted by molar-refractivity contribution is -0.128. The maximum absolute atomic E-state index is 12.3. The molecule has 2 N–H and O–H groups in total. The third kappa shape index (κ3) is 4.98. The van der Waals surface area contributed by atoms with Crippen molar-refractivity contribution >= 4 is 40.7 Å². The Kier molecular flexibility index (Phi) is 6.48. The molecule has 23 heavy (non-hydrogen) atoms. The van der Waals surface area contributed by atoms with Gasteiger partial charge in [-0.25, -0.2) is 0 Å². The summed E-state index contributed by atoms with van der Waals surface area (Å²) in [4.78, 5) is 24.2. The van der Waals surface area contributed by atoms with Crippen molar-refractivity contribution in [3.05, 3.63) is 40.9 Å². The van der Waals surface area contributed by atoms with Crippen molar-refractivity contribution < 1.29 is 9.59 Å². The van der Waals surface area contributed by atoms with Gasteiger partial charge in [0.1, 0.15) is 0 Å². The minimum absolute atomic E-state index is 0.0156. The van der Waals surface area contributed by atoms with Crippen LogP contribution >= 0.6 is 23.2 Å². The molecule has 0 spiro atoms. The first-order chi connectivity index (χ1) is 11.0. The Hall–Kier alpha value is -1.52. The fraction of sp³-hybridized carbons (Fsp3) is 0.412. The van der Waals surface area contributed by atoms with Crippen LogP contribution in [0.3, 0.4) is 0 Å². The van der Waals surface area contributed by atoms with Crippen LogP contribution in [0, 0.1) is 11.8 Å². The minimum Gasteiger partial charge on any atom is -0.352 e. The average Bonchev–Trinajstić information content (AvgIpc) is 2.55. The number of carbonyl (C=O) groups is 2. The van der Waals surface area contributed by atoms with Gasteiger partial charge in [-0.3, -0.25) is 9.59 Å². The average molecular weight is 355 g/mol. The standard InChI is InChI=1S/C17H20Cl2N2O2/c1-2-9-20-16(22)11-3-5-12(6-4-11)17(23)21-15-8-7-13(18)10-14(15)19/h2,7-8,10-12H,1,3-6,9H2,(H,20,22)(H,21,23). The molecule has 1 aromatic rings. The van der Waals surface area contributed by atoms with E-state index in [0.717, 1.165) is 12.8 Å². The number of benzene rings is 1. The summed E-state index contributed by atoms with van der Waals surface area (Å²) in [5.41, 5.74) is 0.562. The van der Waals surface area contributed by atoms with Crippen LogP contribution in [-0.2, 0) is 9.59 Å². The Morgan fingerprint density at radius 1 is 1.13 bits per heavy atom. The number of nitrogens with one attached hydrogen (secondary N) is 2. The maximum atomic E-state index is 12.3. The van der Waals surface area contributed by atoms with Gasteiger partial charge < -0.3 is 10.6 Å². The molecule has 4 nitrogen and oxygen atoms in total. The highest BCUT2D eigenvalue weighted by Crippen LogP contribution is 2.31. The van der Waals surface area contributed by atoms with Crippen LogP contribution in [0.1, 0.15) is 25.7 Å². The minimum atomic E-state index is -0.0924. The number of hydrogen-bond acceptors (Lipinski definition) is 2. The quantitative estimate of drug-likeness (QED) is 0.783. The summed E-state index contributed by atoms with van der Waals surface area (Å²) in [7, 11) is 0. The highest BCUT2D eigenvalue weighted by atomic mass is 35.5. The number of carbonyl (C=O) groups excluding carboxylic acids is 2. The van der Waals surface area contributed by atoms with Gasteiger partial charge >= 0.3 is 0 Å². The molecule has 0 radical (unpaired) electrons. The molecule has 0 aromatic heterocycles. The first-order valence-corrected chi connectivity index (χ1v) is 8.41. The topological polar surface area (TPSA) is 58.2 Å². The van der Waals surface area contributed by atoms with E-state index in [1.807, 2.05) is 0 Å². The Bertz CT molecular complexity index is 596. The number of hydrogen-bond donors (Lipinski definition) is 2. The highest BCUT2D eigenvalue weighted by Gasteiger charge is 2.29. The Labute approximate surface area is 146 Å². The Morgan fingerprint density at radius 3 is 2.30 bits per heavy atom. The zero-order chi connectivity index (χ0) is 16.8. The molecule has 0 saturated heterocycles. The van der Waals surface area contributed by atoms with Crippen LogP contribution in [0.4, 0.5) is 5.69 Å². The molecule has 0 bridgehead atoms. The molecule has 1 aliphatic rings. The van der Waals surface area contributed by atoms with Gasteiger partial charge in [-0.15, -0.1) is 6.58 Å². The van der Waals surface area contributed by atoms with Gasteiger partial charge in [-0.05, 0) is 43.9 Å². The fourth-order valence-electron chi connectivity index (χ4n) is 2.76. The van der Waals surface area contributed by atoms with E-state index in [1.165, 1.54) is 0 Å². The van der Waals surface area contributed by atoms with E-state index >= 15 is 0 Å². The molecule has 1 saturated carbocycles. The molecule has 1 fully saturated rings. The zero-order valence-corrected chi connectivity index (χ0v) is 14.3. The second-order valence-electron chi connectivity index (χ2n) is 5.70. The van der Waals surface area contributed by atoms with Crippen molar-refractivity contribution in [3.63, 3.8) is 0 Å². The molecule has 0 heterocycles. The number of anilines is 1. The van der Waals surface area contributed by atoms with Gasteiger partial charge in [0.05, 0.1) is 10.7 Å². The van der Waals surface area contributed by atoms with Crippen molar-refractivity contribution in [2.45, 2.75) is 25.7 Å². The third-order valence-corrected chi connectivity index (χ3v) is 4.63. The van der Waals surface area contributed by atoms with Crippen LogP contribution in [0.2, 0.25) is 10.0 Å². The van der Waals surface area contributed by atoms with E-state index in [9.17, 15) is 9.59 Å². The monoisotopic (exact) mass is 354 g/mol. The predicted octanol–water partition coefficient (Wildman–Crippen LogP) is 4.04. The van der Waals surface area contributed by atoms with Crippen molar-refractivity contribution in [1.82, 2.24) is 5.32 Å². The van der Waals surface area contributed by atoms with E-state index < -0.39 is 0 Å². The molecular weight excluding hydrogens is 335 g/mol. The van der Waals surface area contributed by atoms with E-state index in [0.29, 0.717) is 35.1 Å². The number of halogens is 2. The van der Waals surface area contributed by atoms with Gasteiger partial charge in [-0.2, -0.15) is 0 Å². The first-order valence-electron chi connectivity index (χ1n) is 7.65. The highest BCUT2D eigenvalue weighted by molar-refractivity contribution is 6.36. The lowest BCUT2D eigenvalue weighted by Gasteiger charge is -2.27. The van der Waals surface area contributed by atoms with Gasteiger partial charge in [0, 0.05) is 23.4 Å². The van der Waals surface area contributed by atoms with E-state index in [4.69, 9.17) is 23.2 Å². The lowest BCUT2D eigenvalue weighted by Crippen LogP contribution is -2.35. The molecule has 2 amide bonds. The second kappa shape index (κ2) is 8.37. The van der Waals surface area contributed by atoms with Crippen LogP contribution in [0.25, 0.3) is 0 Å². The summed E-state index contributed by atoms with van der Waals surface area (Å²) >= 11 is 11.9. The smallest absolute Gasteiger partial charge is 0.227 e. The van der Waals surface area contributed by atoms with E-state index in [1.54, 1.807) is 24.3 Å². The van der Waals surface area contributed by atoms with Gasteiger partial charge in [0.2, 0.25) is 11.8 Å². The van der Waals surface area contributed by atoms with Crippen LogP contribution in [-0.4, -0.2) is 18.4 Å². The van der Waals surface area contributed by atoms with Crippen LogP contribution in [0.15, 0.2) is 30.9 Å². The first kappa shape index (κ1) is 17.8. The van der Waals surface area contributed by atoms with Crippen molar-refractivity contribution in [1.29, 1.82) is 0 Å². The Balaban J connectivity index is 1.86. The maximum Gasteiger partial charge on any atom is 0.227 e. The fourth-order valence-corrected chi connectivity index (χ4v) is 3.22. The van der Waals surface area contributed by atoms with Crippen molar-refractivity contribution in [3.8, 4) is 0 Å². The largest absolute Gasteiger partial charge is 0.352 e. The normalized spacial score (nSPS) is 20.6.